The first kappa shape index (κ1) is 12.6. The lowest BCUT2D eigenvalue weighted by Gasteiger charge is -2.06. The van der Waals surface area contributed by atoms with Crippen LogP contribution in [0.1, 0.15) is 23.1 Å². The van der Waals surface area contributed by atoms with Crippen LogP contribution in [-0.4, -0.2) is 20.7 Å². The van der Waals surface area contributed by atoms with Gasteiger partial charge in [-0.3, -0.25) is 9.48 Å². The molecule has 0 saturated carbocycles. The number of amides is 1. The number of pyridine rings is 1. The number of hydrogen-bond donors (Lipinski definition) is 1. The second-order valence-corrected chi connectivity index (χ2v) is 4.18. The molecule has 18 heavy (non-hydrogen) atoms. The molecular formula is C12H13ClN4O. The van der Waals surface area contributed by atoms with E-state index in [1.54, 1.807) is 29.1 Å². The second kappa shape index (κ2) is 5.18. The van der Waals surface area contributed by atoms with Crippen LogP contribution in [0.2, 0.25) is 5.02 Å². The first-order chi connectivity index (χ1) is 8.61. The van der Waals surface area contributed by atoms with E-state index in [2.05, 4.69) is 15.4 Å². The molecule has 2 rings (SSSR count). The molecule has 0 fully saturated rings. The summed E-state index contributed by atoms with van der Waals surface area (Å²) in [4.78, 5) is 16.1. The molecule has 94 valence electrons. The van der Waals surface area contributed by atoms with Gasteiger partial charge in [0.05, 0.1) is 10.7 Å². The number of nitrogens with zero attached hydrogens (tertiary/aromatic N) is 3. The summed E-state index contributed by atoms with van der Waals surface area (Å²) in [5.41, 5.74) is 1.30. The molecule has 2 heterocycles. The van der Waals surface area contributed by atoms with E-state index in [1.807, 2.05) is 13.8 Å². The van der Waals surface area contributed by atoms with Crippen LogP contribution in [-0.2, 0) is 6.54 Å². The number of aryl methyl sites for hydroxylation is 2. The number of rotatable bonds is 3. The smallest absolute Gasteiger partial charge is 0.275 e. The number of aromatic nitrogens is 3. The molecule has 0 aliphatic heterocycles. The average molecular weight is 265 g/mol. The van der Waals surface area contributed by atoms with Gasteiger partial charge in [0, 0.05) is 12.7 Å². The average Bonchev–Trinajstić information content (AvgIpc) is 2.73. The van der Waals surface area contributed by atoms with Crippen molar-refractivity contribution in [3.05, 3.63) is 40.8 Å². The maximum Gasteiger partial charge on any atom is 0.275 e. The maximum atomic E-state index is 12.1. The van der Waals surface area contributed by atoms with Crippen LogP contribution in [0.4, 0.5) is 5.82 Å². The lowest BCUT2D eigenvalue weighted by molar-refractivity contribution is 0.101. The highest BCUT2D eigenvalue weighted by Crippen LogP contribution is 2.18. The normalized spacial score (nSPS) is 10.4. The van der Waals surface area contributed by atoms with E-state index in [1.165, 1.54) is 0 Å². The second-order valence-electron chi connectivity index (χ2n) is 3.77. The molecule has 0 spiro atoms. The molecule has 0 aromatic carbocycles. The minimum absolute atomic E-state index is 0.266. The van der Waals surface area contributed by atoms with Crippen LogP contribution in [0.15, 0.2) is 24.4 Å². The molecule has 0 atom stereocenters. The summed E-state index contributed by atoms with van der Waals surface area (Å²) >= 11 is 5.94. The highest BCUT2D eigenvalue weighted by molar-refractivity contribution is 6.33. The fourth-order valence-electron chi connectivity index (χ4n) is 1.62. The molecule has 0 unspecified atom stereocenters. The monoisotopic (exact) mass is 264 g/mol. The zero-order valence-corrected chi connectivity index (χ0v) is 10.9. The topological polar surface area (TPSA) is 59.8 Å². The maximum absolute atomic E-state index is 12.1. The molecule has 0 bridgehead atoms. The SMILES string of the molecule is CCn1nc(C)cc1C(=O)Nc1ncccc1Cl. The van der Waals surface area contributed by atoms with Gasteiger partial charge in [-0.25, -0.2) is 4.98 Å². The Hall–Kier alpha value is -1.88. The molecule has 6 heteroatoms. The highest BCUT2D eigenvalue weighted by Gasteiger charge is 2.14. The Labute approximate surface area is 110 Å². The van der Waals surface area contributed by atoms with Gasteiger partial charge < -0.3 is 5.32 Å². The van der Waals surface area contributed by atoms with Gasteiger partial charge in [-0.1, -0.05) is 11.6 Å². The van der Waals surface area contributed by atoms with Crippen molar-refractivity contribution in [2.24, 2.45) is 0 Å². The van der Waals surface area contributed by atoms with E-state index in [0.29, 0.717) is 23.1 Å². The number of halogens is 1. The number of nitrogens with one attached hydrogen (secondary N) is 1. The Balaban J connectivity index is 2.25. The number of carbonyl (C=O) groups is 1. The van der Waals surface area contributed by atoms with E-state index in [4.69, 9.17) is 11.6 Å². The molecule has 0 radical (unpaired) electrons. The van der Waals surface area contributed by atoms with Crippen molar-refractivity contribution >= 4 is 23.3 Å². The summed E-state index contributed by atoms with van der Waals surface area (Å²) in [5.74, 6) is 0.0868. The summed E-state index contributed by atoms with van der Waals surface area (Å²) in [7, 11) is 0. The molecule has 2 aromatic rings. The van der Waals surface area contributed by atoms with Gasteiger partial charge in [-0.05, 0) is 32.0 Å². The van der Waals surface area contributed by atoms with Gasteiger partial charge >= 0.3 is 0 Å². The van der Waals surface area contributed by atoms with Crippen molar-refractivity contribution in [2.75, 3.05) is 5.32 Å². The van der Waals surface area contributed by atoms with Crippen LogP contribution in [0, 0.1) is 6.92 Å². The van der Waals surface area contributed by atoms with Gasteiger partial charge in [0.15, 0.2) is 5.82 Å². The highest BCUT2D eigenvalue weighted by atomic mass is 35.5. The van der Waals surface area contributed by atoms with Crippen LogP contribution >= 0.6 is 11.6 Å². The van der Waals surface area contributed by atoms with Gasteiger partial charge in [0.1, 0.15) is 5.69 Å². The molecule has 5 nitrogen and oxygen atoms in total. The standard InChI is InChI=1S/C12H13ClN4O/c1-3-17-10(7-8(2)16-17)12(18)15-11-9(13)5-4-6-14-11/h4-7H,3H2,1-2H3,(H,14,15,18). The van der Waals surface area contributed by atoms with Crippen LogP contribution in [0.5, 0.6) is 0 Å². The molecule has 1 N–H and O–H groups in total. The summed E-state index contributed by atoms with van der Waals surface area (Å²) in [5, 5.41) is 7.30. The summed E-state index contributed by atoms with van der Waals surface area (Å²) in [6.07, 6.45) is 1.57. The molecule has 0 aliphatic rings. The zero-order valence-electron chi connectivity index (χ0n) is 10.1. The number of anilines is 1. The third-order valence-electron chi connectivity index (χ3n) is 2.42. The Kier molecular flexibility index (Phi) is 3.62. The first-order valence-corrected chi connectivity index (χ1v) is 5.96. The zero-order chi connectivity index (χ0) is 13.1. The lowest BCUT2D eigenvalue weighted by Crippen LogP contribution is -2.18. The predicted octanol–water partition coefficient (Wildman–Crippen LogP) is 2.51. The number of hydrogen-bond acceptors (Lipinski definition) is 3. The van der Waals surface area contributed by atoms with Gasteiger partial charge in [-0.2, -0.15) is 5.10 Å². The van der Waals surface area contributed by atoms with Gasteiger partial charge in [0.25, 0.3) is 5.91 Å². The van der Waals surface area contributed by atoms with Crippen molar-refractivity contribution in [2.45, 2.75) is 20.4 Å². The van der Waals surface area contributed by atoms with Gasteiger partial charge in [-0.15, -0.1) is 0 Å². The van der Waals surface area contributed by atoms with E-state index in [9.17, 15) is 4.79 Å². The minimum atomic E-state index is -0.266. The van der Waals surface area contributed by atoms with Crippen LogP contribution in [0.3, 0.4) is 0 Å². The summed E-state index contributed by atoms with van der Waals surface area (Å²) in [6, 6.07) is 5.11. The molecule has 1 amide bonds. The van der Waals surface area contributed by atoms with Crippen molar-refractivity contribution in [3.8, 4) is 0 Å². The molecule has 0 aliphatic carbocycles. The minimum Gasteiger partial charge on any atom is -0.304 e. The Morgan fingerprint density at radius 2 is 2.33 bits per heavy atom. The van der Waals surface area contributed by atoms with Crippen molar-refractivity contribution in [1.29, 1.82) is 0 Å². The lowest BCUT2D eigenvalue weighted by atomic mass is 10.3. The summed E-state index contributed by atoms with van der Waals surface area (Å²) < 4.78 is 1.64. The Morgan fingerprint density at radius 3 is 3.00 bits per heavy atom. The Morgan fingerprint density at radius 1 is 1.56 bits per heavy atom. The van der Waals surface area contributed by atoms with E-state index in [0.717, 1.165) is 5.69 Å². The third kappa shape index (κ3) is 2.51. The quantitative estimate of drug-likeness (QED) is 0.927. The van der Waals surface area contributed by atoms with E-state index >= 15 is 0 Å². The van der Waals surface area contributed by atoms with E-state index in [-0.39, 0.29) is 5.91 Å². The largest absolute Gasteiger partial charge is 0.304 e. The molecule has 0 saturated heterocycles. The van der Waals surface area contributed by atoms with Crippen LogP contribution in [0.25, 0.3) is 0 Å². The van der Waals surface area contributed by atoms with Crippen molar-refractivity contribution < 1.29 is 4.79 Å². The van der Waals surface area contributed by atoms with Crippen molar-refractivity contribution in [1.82, 2.24) is 14.8 Å². The van der Waals surface area contributed by atoms with Crippen molar-refractivity contribution in [3.63, 3.8) is 0 Å². The van der Waals surface area contributed by atoms with Crippen LogP contribution < -0.4 is 5.32 Å². The summed E-state index contributed by atoms with van der Waals surface area (Å²) in [6.45, 7) is 4.40. The first-order valence-electron chi connectivity index (χ1n) is 5.58. The third-order valence-corrected chi connectivity index (χ3v) is 2.73. The molecular weight excluding hydrogens is 252 g/mol. The Bertz CT molecular complexity index is 579. The van der Waals surface area contributed by atoms with Gasteiger partial charge in [0.2, 0.25) is 0 Å². The fraction of sp³-hybridized carbons (Fsp3) is 0.250. The fourth-order valence-corrected chi connectivity index (χ4v) is 1.79. The van der Waals surface area contributed by atoms with E-state index < -0.39 is 0 Å². The predicted molar refractivity (Wildman–Crippen MR) is 69.8 cm³/mol. The molecule has 2 aromatic heterocycles. The number of carbonyl (C=O) groups excluding carboxylic acids is 1.